The van der Waals surface area contributed by atoms with Crippen molar-refractivity contribution in [2.24, 2.45) is 17.3 Å². The van der Waals surface area contributed by atoms with Gasteiger partial charge in [-0.15, -0.1) is 13.2 Å². The molecule has 220 valence electrons. The fourth-order valence-corrected chi connectivity index (χ4v) is 7.52. The van der Waals surface area contributed by atoms with Crippen molar-refractivity contribution >= 4 is 17.8 Å². The van der Waals surface area contributed by atoms with E-state index < -0.39 is 46.6 Å². The number of ether oxygens (including phenoxy) is 2. The Bertz CT molecular complexity index is 971. The molecule has 8 nitrogen and oxygen atoms in total. The minimum atomic E-state index is -1.16. The highest BCUT2D eigenvalue weighted by molar-refractivity contribution is 5.99. The van der Waals surface area contributed by atoms with Crippen molar-refractivity contribution in [3.8, 4) is 0 Å². The first kappa shape index (κ1) is 31.3. The first-order chi connectivity index (χ1) is 18.1. The molecule has 1 N–H and O–H groups in total. The lowest BCUT2D eigenvalue weighted by Crippen LogP contribution is -2.62. The van der Waals surface area contributed by atoms with E-state index >= 15 is 0 Å². The Morgan fingerprint density at radius 2 is 1.87 bits per heavy atom. The van der Waals surface area contributed by atoms with Crippen molar-refractivity contribution in [3.63, 3.8) is 0 Å². The molecule has 0 aromatic heterocycles. The third kappa shape index (κ3) is 5.69. The number of hydrogen-bond donors (Lipinski definition) is 1. The second-order valence-corrected chi connectivity index (χ2v) is 13.7. The lowest BCUT2D eigenvalue weighted by molar-refractivity contribution is -0.163. The topological polar surface area (TPSA) is 96.4 Å². The van der Waals surface area contributed by atoms with Crippen LogP contribution in [0.25, 0.3) is 0 Å². The number of carbonyl (C=O) groups is 3. The van der Waals surface area contributed by atoms with Crippen LogP contribution in [0.3, 0.4) is 0 Å². The minimum absolute atomic E-state index is 0.0517. The monoisotopic (exact) mass is 546 g/mol. The van der Waals surface area contributed by atoms with Crippen molar-refractivity contribution in [1.82, 2.24) is 9.80 Å². The van der Waals surface area contributed by atoms with Gasteiger partial charge in [-0.3, -0.25) is 14.4 Å². The molecule has 1 spiro atoms. The van der Waals surface area contributed by atoms with Gasteiger partial charge in [0.25, 0.3) is 0 Å². The number of allylic oxidation sites excluding steroid dienone is 1. The summed E-state index contributed by atoms with van der Waals surface area (Å²) in [6, 6.07) is -1.57. The Labute approximate surface area is 234 Å². The molecule has 3 aliphatic rings. The zero-order valence-corrected chi connectivity index (χ0v) is 25.1. The van der Waals surface area contributed by atoms with Crippen LogP contribution in [0.1, 0.15) is 87.0 Å². The number of aliphatic hydroxyl groups excluding tert-OH is 1. The number of unbranched alkanes of at least 4 members (excludes halogenated alkanes) is 2. The summed E-state index contributed by atoms with van der Waals surface area (Å²) in [5.41, 5.74) is -2.64. The van der Waals surface area contributed by atoms with Crippen LogP contribution in [0.5, 0.6) is 0 Å². The molecular formula is C31H50N2O6. The number of esters is 1. The van der Waals surface area contributed by atoms with Crippen LogP contribution >= 0.6 is 0 Å². The summed E-state index contributed by atoms with van der Waals surface area (Å²) < 4.78 is 12.4. The highest BCUT2D eigenvalue weighted by Gasteiger charge is 2.79. The van der Waals surface area contributed by atoms with E-state index in [9.17, 15) is 19.5 Å². The molecule has 3 saturated heterocycles. The fraction of sp³-hybridized carbons (Fsp3) is 0.774. The van der Waals surface area contributed by atoms with Crippen LogP contribution in [0.4, 0.5) is 0 Å². The van der Waals surface area contributed by atoms with Gasteiger partial charge in [0.15, 0.2) is 0 Å². The summed E-state index contributed by atoms with van der Waals surface area (Å²) in [4.78, 5) is 45.5. The van der Waals surface area contributed by atoms with Crippen LogP contribution < -0.4 is 0 Å². The number of aliphatic hydroxyl groups is 1. The van der Waals surface area contributed by atoms with Crippen molar-refractivity contribution in [3.05, 3.63) is 25.3 Å². The predicted octanol–water partition coefficient (Wildman–Crippen LogP) is 4.26. The number of rotatable bonds is 13. The molecule has 8 heteroatoms. The highest BCUT2D eigenvalue weighted by Crippen LogP contribution is 2.63. The summed E-state index contributed by atoms with van der Waals surface area (Å²) in [5, 5.41) is 10.1. The number of fused-ring (bicyclic) bond motifs is 1. The summed E-state index contributed by atoms with van der Waals surface area (Å²) in [7, 11) is 0. The molecule has 3 aliphatic heterocycles. The molecule has 2 unspecified atom stereocenters. The van der Waals surface area contributed by atoms with Gasteiger partial charge < -0.3 is 24.4 Å². The molecule has 6 atom stereocenters. The second-order valence-electron chi connectivity index (χ2n) is 13.7. The van der Waals surface area contributed by atoms with Gasteiger partial charge >= 0.3 is 5.97 Å². The molecular weight excluding hydrogens is 496 g/mol. The number of likely N-dealkylation sites (tertiary alicyclic amines) is 1. The second kappa shape index (κ2) is 11.4. The molecule has 0 aliphatic carbocycles. The Morgan fingerprint density at radius 3 is 2.44 bits per heavy atom. The first-order valence-corrected chi connectivity index (χ1v) is 14.4. The normalized spacial score (nSPS) is 30.7. The lowest BCUT2D eigenvalue weighted by Gasteiger charge is -2.46. The molecule has 3 heterocycles. The maximum atomic E-state index is 14.6. The molecule has 3 rings (SSSR count). The Morgan fingerprint density at radius 1 is 1.21 bits per heavy atom. The van der Waals surface area contributed by atoms with Gasteiger partial charge in [0.05, 0.1) is 30.8 Å². The van der Waals surface area contributed by atoms with Crippen LogP contribution in [0, 0.1) is 17.3 Å². The third-order valence-corrected chi connectivity index (χ3v) is 8.76. The van der Waals surface area contributed by atoms with Crippen molar-refractivity contribution < 1.29 is 29.0 Å². The molecule has 0 saturated carbocycles. The molecule has 2 bridgehead atoms. The van der Waals surface area contributed by atoms with E-state index in [0.717, 1.165) is 19.3 Å². The van der Waals surface area contributed by atoms with E-state index in [0.29, 0.717) is 25.8 Å². The van der Waals surface area contributed by atoms with Crippen molar-refractivity contribution in [2.75, 3.05) is 19.8 Å². The van der Waals surface area contributed by atoms with E-state index in [1.807, 2.05) is 26.8 Å². The van der Waals surface area contributed by atoms with E-state index in [-0.39, 0.29) is 30.4 Å². The van der Waals surface area contributed by atoms with Gasteiger partial charge in [-0.1, -0.05) is 32.9 Å². The van der Waals surface area contributed by atoms with Crippen LogP contribution in [0.2, 0.25) is 0 Å². The van der Waals surface area contributed by atoms with Crippen LogP contribution in [-0.2, 0) is 23.9 Å². The third-order valence-electron chi connectivity index (χ3n) is 8.76. The van der Waals surface area contributed by atoms with E-state index in [4.69, 9.17) is 9.47 Å². The zero-order chi connectivity index (χ0) is 29.4. The maximum Gasteiger partial charge on any atom is 0.312 e. The SMILES string of the molecule is C=CCCCCOC(=O)[C@@H]1[C@H]2C(=O)N([C@H](C)CO)C(C(=O)N(CC=C)C(C)(C)CC(C)(C)C)C23CC[C@@]1(C)O3. The van der Waals surface area contributed by atoms with E-state index in [1.165, 1.54) is 4.90 Å². The van der Waals surface area contributed by atoms with Gasteiger partial charge in [-0.25, -0.2) is 0 Å². The Balaban J connectivity index is 2.02. The van der Waals surface area contributed by atoms with Crippen molar-refractivity contribution in [2.45, 2.75) is 116 Å². The average Bonchev–Trinajstić information content (AvgIpc) is 3.40. The number of carbonyl (C=O) groups excluding carboxylic acids is 3. The highest BCUT2D eigenvalue weighted by atomic mass is 16.6. The molecule has 0 aromatic carbocycles. The summed E-state index contributed by atoms with van der Waals surface area (Å²) >= 11 is 0. The minimum Gasteiger partial charge on any atom is -0.465 e. The molecule has 0 radical (unpaired) electrons. The van der Waals surface area contributed by atoms with E-state index in [1.54, 1.807) is 17.9 Å². The number of nitrogens with zero attached hydrogens (tertiary/aromatic N) is 2. The van der Waals surface area contributed by atoms with E-state index in [2.05, 4.69) is 33.9 Å². The lowest BCUT2D eigenvalue weighted by atomic mass is 9.66. The van der Waals surface area contributed by atoms with Gasteiger partial charge in [0.1, 0.15) is 17.6 Å². The predicted molar refractivity (Wildman–Crippen MR) is 151 cm³/mol. The van der Waals surface area contributed by atoms with Gasteiger partial charge in [-0.05, 0) is 71.6 Å². The first-order valence-electron chi connectivity index (χ1n) is 14.4. The van der Waals surface area contributed by atoms with Gasteiger partial charge in [-0.2, -0.15) is 0 Å². The average molecular weight is 547 g/mol. The Hall–Kier alpha value is -2.19. The fourth-order valence-electron chi connectivity index (χ4n) is 7.52. The zero-order valence-electron chi connectivity index (χ0n) is 25.1. The van der Waals surface area contributed by atoms with Gasteiger partial charge in [0, 0.05) is 12.1 Å². The standard InChI is InChI=1S/C31H50N2O6/c1-10-12-13-14-18-38-27(37)23-22-25(35)33(21(3)19-34)24(31(22)16-15-30(23,9)39-31)26(36)32(17-11-2)29(7,8)20-28(4,5)6/h10-11,21-24,34H,1-2,12-20H2,3-9H3/t21-,22+,23+,24?,30-,31?/m1/s1. The summed E-state index contributed by atoms with van der Waals surface area (Å²) in [6.45, 7) is 22.0. The molecule has 0 aromatic rings. The maximum absolute atomic E-state index is 14.6. The molecule has 3 fully saturated rings. The van der Waals surface area contributed by atoms with Gasteiger partial charge in [0.2, 0.25) is 11.8 Å². The van der Waals surface area contributed by atoms with Crippen LogP contribution in [-0.4, -0.2) is 81.3 Å². The quantitative estimate of drug-likeness (QED) is 0.211. The van der Waals surface area contributed by atoms with Crippen LogP contribution in [0.15, 0.2) is 25.3 Å². The number of hydrogen-bond acceptors (Lipinski definition) is 6. The molecule has 2 amide bonds. The van der Waals surface area contributed by atoms with Crippen molar-refractivity contribution in [1.29, 1.82) is 0 Å². The summed E-state index contributed by atoms with van der Waals surface area (Å²) in [6.07, 6.45) is 7.71. The Kier molecular flexibility index (Phi) is 9.13. The smallest absolute Gasteiger partial charge is 0.312 e. The number of amides is 2. The summed E-state index contributed by atoms with van der Waals surface area (Å²) in [5.74, 6) is -2.64. The molecule has 39 heavy (non-hydrogen) atoms. The largest absolute Gasteiger partial charge is 0.465 e.